The molecule has 1 aliphatic heterocycles. The Morgan fingerprint density at radius 1 is 1.36 bits per heavy atom. The lowest BCUT2D eigenvalue weighted by Gasteiger charge is -2.22. The smallest absolute Gasteiger partial charge is 0.407 e. The quantitative estimate of drug-likeness (QED) is 0.618. The van der Waals surface area contributed by atoms with Crippen molar-refractivity contribution in [1.29, 1.82) is 0 Å². The van der Waals surface area contributed by atoms with Gasteiger partial charge >= 0.3 is 6.09 Å². The number of hydrogen-bond donors (Lipinski definition) is 1. The number of non-ortho nitro benzene ring substituents is 1. The van der Waals surface area contributed by atoms with E-state index in [2.05, 4.69) is 20.3 Å². The van der Waals surface area contributed by atoms with Gasteiger partial charge in [0.15, 0.2) is 5.82 Å². The van der Waals surface area contributed by atoms with Gasteiger partial charge in [0.1, 0.15) is 11.9 Å². The van der Waals surface area contributed by atoms with Crippen molar-refractivity contribution in [3.8, 4) is 11.4 Å². The van der Waals surface area contributed by atoms with Crippen LogP contribution in [0.15, 0.2) is 30.6 Å². The summed E-state index contributed by atoms with van der Waals surface area (Å²) in [5.41, 5.74) is 0.233. The van der Waals surface area contributed by atoms with Crippen LogP contribution in [0.25, 0.3) is 11.4 Å². The Labute approximate surface area is 162 Å². The van der Waals surface area contributed by atoms with E-state index in [1.807, 2.05) is 20.8 Å². The normalized spacial score (nSPS) is 17.5. The Bertz CT molecular complexity index is 843. The third kappa shape index (κ3) is 5.26. The number of rotatable bonds is 5. The van der Waals surface area contributed by atoms with E-state index in [0.717, 1.165) is 18.5 Å². The SMILES string of the molecule is CC(C)(C)OC(=O)N[C@@H]1CCN(Cn2cnc(-c3ccc([N+](=O)[O-])cc3)n2)C1. The molecule has 150 valence electrons. The largest absolute Gasteiger partial charge is 0.444 e. The van der Waals surface area contributed by atoms with Gasteiger partial charge in [0.25, 0.3) is 5.69 Å². The summed E-state index contributed by atoms with van der Waals surface area (Å²) in [5.74, 6) is 0.512. The maximum absolute atomic E-state index is 11.9. The van der Waals surface area contributed by atoms with Crippen molar-refractivity contribution in [2.24, 2.45) is 0 Å². The molecule has 2 aromatic rings. The third-order valence-electron chi connectivity index (χ3n) is 4.21. The van der Waals surface area contributed by atoms with Gasteiger partial charge in [-0.05, 0) is 39.3 Å². The van der Waals surface area contributed by atoms with Gasteiger partial charge < -0.3 is 10.1 Å². The second-order valence-electron chi connectivity index (χ2n) is 7.76. The van der Waals surface area contributed by atoms with Gasteiger partial charge in [0, 0.05) is 36.8 Å². The molecule has 1 aromatic carbocycles. The predicted octanol–water partition coefficient (Wildman–Crippen LogP) is 2.41. The Morgan fingerprint density at radius 3 is 2.71 bits per heavy atom. The van der Waals surface area contributed by atoms with Gasteiger partial charge in [-0.1, -0.05) is 0 Å². The first-order valence-corrected chi connectivity index (χ1v) is 9.06. The van der Waals surface area contributed by atoms with Crippen LogP contribution in [-0.2, 0) is 11.4 Å². The average molecular weight is 388 g/mol. The van der Waals surface area contributed by atoms with Crippen molar-refractivity contribution >= 4 is 11.8 Å². The number of alkyl carbamates (subject to hydrolysis) is 1. The molecule has 0 radical (unpaired) electrons. The molecule has 1 N–H and O–H groups in total. The molecule has 28 heavy (non-hydrogen) atoms. The molecule has 1 atom stereocenters. The van der Waals surface area contributed by atoms with Gasteiger partial charge in [0.05, 0.1) is 11.6 Å². The number of hydrogen-bond acceptors (Lipinski definition) is 7. The van der Waals surface area contributed by atoms with Crippen LogP contribution in [-0.4, -0.2) is 55.4 Å². The molecule has 0 saturated carbocycles. The highest BCUT2D eigenvalue weighted by Crippen LogP contribution is 2.19. The van der Waals surface area contributed by atoms with E-state index in [4.69, 9.17) is 4.74 Å². The standard InChI is InChI=1S/C18H24N6O4/c1-18(2,3)28-17(25)20-14-8-9-22(10-14)12-23-11-19-16(21-23)13-4-6-15(7-5-13)24(26)27/h4-7,11,14H,8-10,12H2,1-3H3,(H,20,25)/t14-/m1/s1. The maximum atomic E-state index is 11.9. The lowest BCUT2D eigenvalue weighted by molar-refractivity contribution is -0.384. The molecule has 1 aliphatic rings. The van der Waals surface area contributed by atoms with E-state index in [9.17, 15) is 14.9 Å². The van der Waals surface area contributed by atoms with Crippen LogP contribution in [0.1, 0.15) is 27.2 Å². The molecule has 10 heteroatoms. The van der Waals surface area contributed by atoms with E-state index in [0.29, 0.717) is 19.0 Å². The zero-order valence-corrected chi connectivity index (χ0v) is 16.2. The minimum Gasteiger partial charge on any atom is -0.444 e. The van der Waals surface area contributed by atoms with Gasteiger partial charge in [-0.15, -0.1) is 5.10 Å². The molecule has 0 spiro atoms. The molecule has 0 bridgehead atoms. The number of nitrogens with zero attached hydrogens (tertiary/aromatic N) is 5. The summed E-state index contributed by atoms with van der Waals surface area (Å²) in [6.45, 7) is 7.58. The maximum Gasteiger partial charge on any atom is 0.407 e. The number of aromatic nitrogens is 3. The Hall–Kier alpha value is -3.01. The number of carbonyl (C=O) groups excluding carboxylic acids is 1. The van der Waals surface area contributed by atoms with Gasteiger partial charge in [-0.3, -0.25) is 15.0 Å². The van der Waals surface area contributed by atoms with Crippen LogP contribution in [0.4, 0.5) is 10.5 Å². The molecule has 0 unspecified atom stereocenters. The Morgan fingerprint density at radius 2 is 2.07 bits per heavy atom. The number of amides is 1. The minimum absolute atomic E-state index is 0.0313. The van der Waals surface area contributed by atoms with Crippen molar-refractivity contribution in [1.82, 2.24) is 25.0 Å². The zero-order valence-electron chi connectivity index (χ0n) is 16.2. The lowest BCUT2D eigenvalue weighted by atomic mass is 10.2. The minimum atomic E-state index is -0.516. The molecule has 1 fully saturated rings. The van der Waals surface area contributed by atoms with Gasteiger partial charge in [-0.2, -0.15) is 0 Å². The topological polar surface area (TPSA) is 115 Å². The summed E-state index contributed by atoms with van der Waals surface area (Å²) >= 11 is 0. The summed E-state index contributed by atoms with van der Waals surface area (Å²) in [6, 6.07) is 6.17. The molecule has 1 aromatic heterocycles. The van der Waals surface area contributed by atoms with E-state index in [-0.39, 0.29) is 11.7 Å². The molecule has 1 saturated heterocycles. The highest BCUT2D eigenvalue weighted by molar-refractivity contribution is 5.68. The van der Waals surface area contributed by atoms with Crippen LogP contribution in [0.2, 0.25) is 0 Å². The first kappa shape index (κ1) is 19.7. The first-order chi connectivity index (χ1) is 13.2. The van der Waals surface area contributed by atoms with Gasteiger partial charge in [0.2, 0.25) is 0 Å². The predicted molar refractivity (Wildman–Crippen MR) is 101 cm³/mol. The van der Waals surface area contributed by atoms with E-state index < -0.39 is 16.6 Å². The van der Waals surface area contributed by atoms with Crippen LogP contribution < -0.4 is 5.32 Å². The molecule has 10 nitrogen and oxygen atoms in total. The monoisotopic (exact) mass is 388 g/mol. The molecule has 0 aliphatic carbocycles. The average Bonchev–Trinajstić information content (AvgIpc) is 3.23. The molecular formula is C18H24N6O4. The van der Waals surface area contributed by atoms with Crippen LogP contribution in [0.3, 0.4) is 0 Å². The summed E-state index contributed by atoms with van der Waals surface area (Å²) < 4.78 is 7.01. The Balaban J connectivity index is 1.53. The molecule has 1 amide bonds. The van der Waals surface area contributed by atoms with Crippen molar-refractivity contribution in [2.75, 3.05) is 13.1 Å². The van der Waals surface area contributed by atoms with E-state index >= 15 is 0 Å². The highest BCUT2D eigenvalue weighted by Gasteiger charge is 2.26. The fourth-order valence-electron chi connectivity index (χ4n) is 2.99. The summed E-state index contributed by atoms with van der Waals surface area (Å²) in [5, 5.41) is 18.1. The molecule has 2 heterocycles. The van der Waals surface area contributed by atoms with Crippen molar-refractivity contribution in [3.05, 3.63) is 40.7 Å². The van der Waals surface area contributed by atoms with Crippen molar-refractivity contribution < 1.29 is 14.5 Å². The molecular weight excluding hydrogens is 364 g/mol. The van der Waals surface area contributed by atoms with Crippen LogP contribution in [0, 0.1) is 10.1 Å². The fraction of sp³-hybridized carbons (Fsp3) is 0.500. The fourth-order valence-corrected chi connectivity index (χ4v) is 2.99. The van der Waals surface area contributed by atoms with E-state index in [1.54, 1.807) is 23.1 Å². The van der Waals surface area contributed by atoms with E-state index in [1.165, 1.54) is 12.1 Å². The summed E-state index contributed by atoms with van der Waals surface area (Å²) in [4.78, 5) is 28.6. The highest BCUT2D eigenvalue weighted by atomic mass is 16.6. The van der Waals surface area contributed by atoms with Gasteiger partial charge in [-0.25, -0.2) is 14.5 Å². The lowest BCUT2D eigenvalue weighted by Crippen LogP contribution is -2.40. The first-order valence-electron chi connectivity index (χ1n) is 9.06. The Kier molecular flexibility index (Phi) is 5.59. The summed E-state index contributed by atoms with van der Waals surface area (Å²) in [7, 11) is 0. The number of carbonyl (C=O) groups is 1. The molecule has 3 rings (SSSR count). The van der Waals surface area contributed by atoms with Crippen LogP contribution >= 0.6 is 0 Å². The van der Waals surface area contributed by atoms with Crippen molar-refractivity contribution in [2.45, 2.75) is 45.5 Å². The number of benzene rings is 1. The van der Waals surface area contributed by atoms with Crippen molar-refractivity contribution in [3.63, 3.8) is 0 Å². The number of nitro benzene ring substituents is 1. The zero-order chi connectivity index (χ0) is 20.3. The second kappa shape index (κ2) is 7.93. The number of nitro groups is 1. The van der Waals surface area contributed by atoms with Crippen LogP contribution in [0.5, 0.6) is 0 Å². The number of likely N-dealkylation sites (tertiary alicyclic amines) is 1. The third-order valence-corrected chi connectivity index (χ3v) is 4.21. The number of ether oxygens (including phenoxy) is 1. The summed E-state index contributed by atoms with van der Waals surface area (Å²) in [6.07, 6.45) is 2.06. The number of nitrogens with one attached hydrogen (secondary N) is 1. The second-order valence-corrected chi connectivity index (χ2v) is 7.76.